The Bertz CT molecular complexity index is 1220. The number of aromatic nitrogens is 2. The van der Waals surface area contributed by atoms with Crippen LogP contribution in [0.5, 0.6) is 5.75 Å². The molecule has 8 heteroatoms. The number of nitrogens with zero attached hydrogens (tertiary/aromatic N) is 3. The van der Waals surface area contributed by atoms with Gasteiger partial charge in [0.25, 0.3) is 0 Å². The lowest BCUT2D eigenvalue weighted by atomic mass is 9.72. The van der Waals surface area contributed by atoms with E-state index in [0.29, 0.717) is 18.9 Å². The van der Waals surface area contributed by atoms with Crippen molar-refractivity contribution in [3.05, 3.63) is 59.1 Å². The summed E-state index contributed by atoms with van der Waals surface area (Å²) in [5, 5.41) is 0. The monoisotopic (exact) mass is 468 g/mol. The molecular weight excluding hydrogens is 440 g/mol. The summed E-state index contributed by atoms with van der Waals surface area (Å²) in [6.07, 6.45) is 5.60. The number of carbonyl (C=O) groups excluding carboxylic acids is 1. The van der Waals surface area contributed by atoms with Crippen LogP contribution in [-0.2, 0) is 28.0 Å². The molecule has 1 fully saturated rings. The second-order valence-corrected chi connectivity index (χ2v) is 8.66. The van der Waals surface area contributed by atoms with Gasteiger partial charge in [-0.2, -0.15) is 0 Å². The van der Waals surface area contributed by atoms with Gasteiger partial charge in [0.1, 0.15) is 11.3 Å². The number of anilines is 1. The first-order valence-electron chi connectivity index (χ1n) is 11.1. The molecule has 1 saturated heterocycles. The van der Waals surface area contributed by atoms with E-state index in [4.69, 9.17) is 20.2 Å². The Morgan fingerprint density at radius 1 is 1.27 bits per heavy atom. The fourth-order valence-electron chi connectivity index (χ4n) is 5.21. The first-order valence-corrected chi connectivity index (χ1v) is 11.1. The summed E-state index contributed by atoms with van der Waals surface area (Å²) in [5.74, 6) is 3.25. The van der Waals surface area contributed by atoms with Crippen LogP contribution in [0.1, 0.15) is 29.5 Å². The SMILES string of the molecule is COCCn1cc(N2CCC3(CC2)C(=C=O)Oc2ccc(CN)cc23)c2nccc(C)c21.Cl. The van der Waals surface area contributed by atoms with E-state index >= 15 is 0 Å². The third-order valence-electron chi connectivity index (χ3n) is 6.96. The highest BCUT2D eigenvalue weighted by molar-refractivity contribution is 5.92. The van der Waals surface area contributed by atoms with Gasteiger partial charge >= 0.3 is 0 Å². The van der Waals surface area contributed by atoms with Crippen molar-refractivity contribution in [1.82, 2.24) is 9.55 Å². The van der Waals surface area contributed by atoms with Gasteiger partial charge in [0.15, 0.2) is 11.7 Å². The number of nitrogens with two attached hydrogens (primary N) is 1. The minimum Gasteiger partial charge on any atom is -0.449 e. The molecule has 3 aromatic rings. The number of hydrogen-bond donors (Lipinski definition) is 1. The second kappa shape index (κ2) is 9.20. The van der Waals surface area contributed by atoms with Gasteiger partial charge in [0, 0.05) is 51.2 Å². The van der Waals surface area contributed by atoms with Crippen molar-refractivity contribution >= 4 is 35.1 Å². The number of rotatable bonds is 5. The molecule has 0 unspecified atom stereocenters. The second-order valence-electron chi connectivity index (χ2n) is 8.66. The lowest BCUT2D eigenvalue weighted by Gasteiger charge is -2.39. The van der Waals surface area contributed by atoms with Gasteiger partial charge in [0.05, 0.1) is 23.2 Å². The Labute approximate surface area is 199 Å². The van der Waals surface area contributed by atoms with Crippen LogP contribution in [0, 0.1) is 6.92 Å². The van der Waals surface area contributed by atoms with Gasteiger partial charge in [-0.3, -0.25) is 4.98 Å². The minimum atomic E-state index is -0.434. The Morgan fingerprint density at radius 3 is 2.76 bits per heavy atom. The predicted octanol–water partition coefficient (Wildman–Crippen LogP) is 3.52. The van der Waals surface area contributed by atoms with Crippen LogP contribution in [-0.4, -0.2) is 42.3 Å². The van der Waals surface area contributed by atoms with Crippen molar-refractivity contribution < 1.29 is 14.3 Å². The highest BCUT2D eigenvalue weighted by Gasteiger charge is 2.48. The lowest BCUT2D eigenvalue weighted by Crippen LogP contribution is -2.43. The number of allylic oxidation sites excluding steroid dienone is 1. The van der Waals surface area contributed by atoms with Crippen LogP contribution in [0.15, 0.2) is 42.4 Å². The molecule has 2 aliphatic rings. The summed E-state index contributed by atoms with van der Waals surface area (Å²) in [6, 6.07) is 8.02. The number of methoxy groups -OCH3 is 1. The molecule has 33 heavy (non-hydrogen) atoms. The van der Waals surface area contributed by atoms with E-state index in [-0.39, 0.29) is 12.4 Å². The van der Waals surface area contributed by atoms with E-state index < -0.39 is 5.41 Å². The highest BCUT2D eigenvalue weighted by Crippen LogP contribution is 2.51. The number of hydrogen-bond acceptors (Lipinski definition) is 6. The molecule has 7 nitrogen and oxygen atoms in total. The maximum atomic E-state index is 11.8. The van der Waals surface area contributed by atoms with Gasteiger partial charge in [-0.15, -0.1) is 12.4 Å². The number of aryl methyl sites for hydroxylation is 1. The highest BCUT2D eigenvalue weighted by atomic mass is 35.5. The molecule has 0 bridgehead atoms. The number of halogens is 1. The van der Waals surface area contributed by atoms with Crippen LogP contribution < -0.4 is 15.4 Å². The van der Waals surface area contributed by atoms with E-state index in [9.17, 15) is 4.79 Å². The Morgan fingerprint density at radius 2 is 2.06 bits per heavy atom. The molecule has 174 valence electrons. The van der Waals surface area contributed by atoms with Crippen LogP contribution in [0.25, 0.3) is 11.0 Å². The third-order valence-corrected chi connectivity index (χ3v) is 6.96. The molecule has 4 heterocycles. The van der Waals surface area contributed by atoms with Crippen molar-refractivity contribution in [3.63, 3.8) is 0 Å². The largest absolute Gasteiger partial charge is 0.449 e. The summed E-state index contributed by atoms with van der Waals surface area (Å²) < 4.78 is 13.5. The number of fused-ring (bicyclic) bond motifs is 3. The smallest absolute Gasteiger partial charge is 0.198 e. The molecule has 0 amide bonds. The number of piperidine rings is 1. The summed E-state index contributed by atoms with van der Waals surface area (Å²) >= 11 is 0. The first kappa shape index (κ1) is 23.3. The fraction of sp³-hybridized carbons (Fsp3) is 0.400. The molecule has 0 saturated carbocycles. The van der Waals surface area contributed by atoms with E-state index in [1.165, 1.54) is 5.56 Å². The van der Waals surface area contributed by atoms with E-state index in [1.54, 1.807) is 7.11 Å². The molecule has 5 rings (SSSR count). The molecule has 1 aromatic carbocycles. The zero-order valence-electron chi connectivity index (χ0n) is 19.0. The first-order chi connectivity index (χ1) is 15.6. The van der Waals surface area contributed by atoms with E-state index in [0.717, 1.165) is 66.1 Å². The predicted molar refractivity (Wildman–Crippen MR) is 131 cm³/mol. The summed E-state index contributed by atoms with van der Waals surface area (Å²) in [6.45, 7) is 5.58. The number of ether oxygens (including phenoxy) is 2. The van der Waals surface area contributed by atoms with Gasteiger partial charge < -0.3 is 24.7 Å². The average molecular weight is 469 g/mol. The Balaban J connectivity index is 0.00000259. The van der Waals surface area contributed by atoms with Gasteiger partial charge in [-0.25, -0.2) is 4.79 Å². The maximum absolute atomic E-state index is 11.8. The zero-order chi connectivity index (χ0) is 22.3. The van der Waals surface area contributed by atoms with Crippen molar-refractivity contribution in [3.8, 4) is 5.75 Å². The Hall–Kier alpha value is -2.83. The van der Waals surface area contributed by atoms with Gasteiger partial charge in [0.2, 0.25) is 0 Å². The van der Waals surface area contributed by atoms with Gasteiger partial charge in [-0.1, -0.05) is 6.07 Å². The summed E-state index contributed by atoms with van der Waals surface area (Å²) in [4.78, 5) is 18.9. The lowest BCUT2D eigenvalue weighted by molar-refractivity contribution is 0.188. The normalized spacial score (nSPS) is 16.5. The van der Waals surface area contributed by atoms with Crippen molar-refractivity contribution in [1.29, 1.82) is 0 Å². The summed E-state index contributed by atoms with van der Waals surface area (Å²) in [5.41, 5.74) is 12.0. The van der Waals surface area contributed by atoms with E-state index in [1.807, 2.05) is 24.4 Å². The molecule has 2 N–H and O–H groups in total. The minimum absolute atomic E-state index is 0. The molecule has 0 radical (unpaired) electrons. The van der Waals surface area contributed by atoms with Crippen molar-refractivity contribution in [2.24, 2.45) is 5.73 Å². The summed E-state index contributed by atoms with van der Waals surface area (Å²) in [7, 11) is 1.72. The zero-order valence-corrected chi connectivity index (χ0v) is 19.8. The average Bonchev–Trinajstić information content (AvgIpc) is 3.34. The number of benzene rings is 1. The maximum Gasteiger partial charge on any atom is 0.198 e. The van der Waals surface area contributed by atoms with Gasteiger partial charge in [-0.05, 0) is 49.1 Å². The topological polar surface area (TPSA) is 82.6 Å². The Kier molecular flexibility index (Phi) is 6.50. The molecular formula is C25H29ClN4O3. The molecule has 2 aliphatic heterocycles. The van der Waals surface area contributed by atoms with Crippen molar-refractivity contribution in [2.45, 2.75) is 38.3 Å². The van der Waals surface area contributed by atoms with Crippen LogP contribution >= 0.6 is 12.4 Å². The third kappa shape index (κ3) is 3.71. The van der Waals surface area contributed by atoms with Crippen molar-refractivity contribution in [2.75, 3.05) is 31.7 Å². The standard InChI is InChI=1S/C25H28N4O3.ClH/c1-17-5-8-27-23-20(15-29(24(17)23)11-12-31-2)28-9-6-25(7-10-28)19-13-18(14-26)3-4-21(19)32-22(25)16-30;/h3-5,8,13,15H,6-7,9-12,14,26H2,1-2H3;1H. The van der Waals surface area contributed by atoms with Crippen LogP contribution in [0.4, 0.5) is 5.69 Å². The molecule has 0 atom stereocenters. The number of pyridine rings is 1. The fourth-order valence-corrected chi connectivity index (χ4v) is 5.21. The van der Waals surface area contributed by atoms with Crippen LogP contribution in [0.3, 0.4) is 0 Å². The molecule has 0 aliphatic carbocycles. The van der Waals surface area contributed by atoms with Crippen LogP contribution in [0.2, 0.25) is 0 Å². The molecule has 1 spiro atoms. The quantitative estimate of drug-likeness (QED) is 0.577. The van der Waals surface area contributed by atoms with E-state index in [2.05, 4.69) is 34.6 Å². The molecule has 2 aromatic heterocycles.